The molecular weight excluding hydrogens is 283 g/mol. The summed E-state index contributed by atoms with van der Waals surface area (Å²) in [6.07, 6.45) is -4.55. The number of ether oxygens (including phenoxy) is 2. The molecular formula is C15H14F3NO2. The highest BCUT2D eigenvalue weighted by Crippen LogP contribution is 2.41. The van der Waals surface area contributed by atoms with Crippen molar-refractivity contribution in [1.82, 2.24) is 0 Å². The van der Waals surface area contributed by atoms with Crippen molar-refractivity contribution < 1.29 is 22.6 Å². The van der Waals surface area contributed by atoms with Gasteiger partial charge in [-0.25, -0.2) is 0 Å². The Balaban J connectivity index is 2.45. The van der Waals surface area contributed by atoms with Gasteiger partial charge in [0, 0.05) is 5.69 Å². The fourth-order valence-corrected chi connectivity index (χ4v) is 1.84. The van der Waals surface area contributed by atoms with Gasteiger partial charge in [0.15, 0.2) is 11.5 Å². The van der Waals surface area contributed by atoms with Gasteiger partial charge in [-0.3, -0.25) is 0 Å². The number of methoxy groups -OCH3 is 1. The van der Waals surface area contributed by atoms with Crippen LogP contribution in [0.25, 0.3) is 0 Å². The van der Waals surface area contributed by atoms with Crippen LogP contribution in [0.4, 0.5) is 18.9 Å². The number of alkyl halides is 3. The largest absolute Gasteiger partial charge is 0.493 e. The molecule has 0 spiro atoms. The fourth-order valence-electron chi connectivity index (χ4n) is 1.84. The first-order valence-corrected chi connectivity index (χ1v) is 6.10. The Morgan fingerprint density at radius 3 is 2.24 bits per heavy atom. The number of nitrogen functional groups attached to an aromatic ring is 1. The van der Waals surface area contributed by atoms with E-state index in [1.165, 1.54) is 19.2 Å². The Hall–Kier alpha value is -2.37. The van der Waals surface area contributed by atoms with Crippen LogP contribution >= 0.6 is 0 Å². The van der Waals surface area contributed by atoms with Gasteiger partial charge in [-0.2, -0.15) is 13.2 Å². The van der Waals surface area contributed by atoms with Crippen molar-refractivity contribution in [3.63, 3.8) is 0 Å². The van der Waals surface area contributed by atoms with Gasteiger partial charge < -0.3 is 15.2 Å². The molecule has 0 radical (unpaired) electrons. The van der Waals surface area contributed by atoms with Crippen molar-refractivity contribution in [2.24, 2.45) is 0 Å². The average molecular weight is 297 g/mol. The van der Waals surface area contributed by atoms with Crippen LogP contribution in [0.2, 0.25) is 0 Å². The van der Waals surface area contributed by atoms with E-state index in [-0.39, 0.29) is 17.2 Å². The van der Waals surface area contributed by atoms with Gasteiger partial charge >= 0.3 is 6.18 Å². The van der Waals surface area contributed by atoms with Crippen LogP contribution in [0.15, 0.2) is 36.4 Å². The standard InChI is InChI=1S/C15H14F3NO2/c1-9-3-5-13(14(7-9)20-2)21-12-6-4-10(19)8-11(12)15(16,17)18/h3-8H,19H2,1-2H3. The Kier molecular flexibility index (Phi) is 3.97. The summed E-state index contributed by atoms with van der Waals surface area (Å²) in [5.41, 5.74) is 5.42. The molecule has 2 aromatic rings. The Morgan fingerprint density at radius 1 is 0.952 bits per heavy atom. The SMILES string of the molecule is COc1cc(C)ccc1Oc1ccc(N)cc1C(F)(F)F. The molecule has 2 aromatic carbocycles. The molecule has 0 aromatic heterocycles. The van der Waals surface area contributed by atoms with E-state index in [0.717, 1.165) is 11.6 Å². The highest BCUT2D eigenvalue weighted by atomic mass is 19.4. The number of rotatable bonds is 3. The molecule has 0 bridgehead atoms. The first kappa shape index (κ1) is 15.0. The van der Waals surface area contributed by atoms with Crippen LogP contribution in [-0.4, -0.2) is 7.11 Å². The van der Waals surface area contributed by atoms with Gasteiger partial charge in [0.2, 0.25) is 0 Å². The van der Waals surface area contributed by atoms with Crippen molar-refractivity contribution in [3.05, 3.63) is 47.5 Å². The van der Waals surface area contributed by atoms with Crippen molar-refractivity contribution in [2.45, 2.75) is 13.1 Å². The quantitative estimate of drug-likeness (QED) is 0.854. The average Bonchev–Trinajstić information content (AvgIpc) is 2.41. The highest BCUT2D eigenvalue weighted by molar-refractivity contribution is 5.52. The summed E-state index contributed by atoms with van der Waals surface area (Å²) in [5.74, 6) is 0.247. The minimum Gasteiger partial charge on any atom is -0.493 e. The second kappa shape index (κ2) is 5.55. The van der Waals surface area contributed by atoms with Crippen LogP contribution < -0.4 is 15.2 Å². The first-order valence-electron chi connectivity index (χ1n) is 6.10. The van der Waals surface area contributed by atoms with Gasteiger partial charge in [0.05, 0.1) is 7.11 Å². The maximum Gasteiger partial charge on any atom is 0.420 e. The van der Waals surface area contributed by atoms with Crippen LogP contribution in [0.5, 0.6) is 17.2 Å². The third kappa shape index (κ3) is 3.39. The third-order valence-electron chi connectivity index (χ3n) is 2.85. The zero-order chi connectivity index (χ0) is 15.6. The second-order valence-corrected chi connectivity index (χ2v) is 4.51. The van der Waals surface area contributed by atoms with Crippen LogP contribution in [0, 0.1) is 6.92 Å². The van der Waals surface area contributed by atoms with E-state index in [9.17, 15) is 13.2 Å². The number of hydrogen-bond donors (Lipinski definition) is 1. The monoisotopic (exact) mass is 297 g/mol. The van der Waals surface area contributed by atoms with Crippen molar-refractivity contribution >= 4 is 5.69 Å². The molecule has 0 aliphatic carbocycles. The van der Waals surface area contributed by atoms with Crippen LogP contribution in [0.3, 0.4) is 0 Å². The predicted molar refractivity (Wildman–Crippen MR) is 73.7 cm³/mol. The summed E-state index contributed by atoms with van der Waals surface area (Å²) in [6.45, 7) is 1.84. The Morgan fingerprint density at radius 2 is 1.62 bits per heavy atom. The zero-order valence-corrected chi connectivity index (χ0v) is 11.5. The topological polar surface area (TPSA) is 44.5 Å². The molecule has 6 heteroatoms. The van der Waals surface area contributed by atoms with Gasteiger partial charge in [-0.1, -0.05) is 6.07 Å². The summed E-state index contributed by atoms with van der Waals surface area (Å²) in [6, 6.07) is 8.35. The van der Waals surface area contributed by atoms with E-state index in [0.29, 0.717) is 5.75 Å². The molecule has 21 heavy (non-hydrogen) atoms. The van der Waals surface area contributed by atoms with Crippen LogP contribution in [-0.2, 0) is 6.18 Å². The lowest BCUT2D eigenvalue weighted by Gasteiger charge is -2.16. The molecule has 0 amide bonds. The highest BCUT2D eigenvalue weighted by Gasteiger charge is 2.35. The number of aryl methyl sites for hydroxylation is 1. The molecule has 0 saturated heterocycles. The fraction of sp³-hybridized carbons (Fsp3) is 0.200. The summed E-state index contributed by atoms with van der Waals surface area (Å²) in [5, 5.41) is 0. The van der Waals surface area contributed by atoms with Gasteiger partial charge in [0.25, 0.3) is 0 Å². The third-order valence-corrected chi connectivity index (χ3v) is 2.85. The van der Waals surface area contributed by atoms with Gasteiger partial charge in [0.1, 0.15) is 11.3 Å². The van der Waals surface area contributed by atoms with E-state index in [4.69, 9.17) is 15.2 Å². The van der Waals surface area contributed by atoms with Crippen molar-refractivity contribution in [1.29, 1.82) is 0 Å². The van der Waals surface area contributed by atoms with E-state index >= 15 is 0 Å². The molecule has 0 heterocycles. The smallest absolute Gasteiger partial charge is 0.420 e. The predicted octanol–water partition coefficient (Wildman–Crippen LogP) is 4.40. The zero-order valence-electron chi connectivity index (χ0n) is 11.5. The summed E-state index contributed by atoms with van der Waals surface area (Å²) < 4.78 is 49.5. The lowest BCUT2D eigenvalue weighted by molar-refractivity contribution is -0.138. The van der Waals surface area contributed by atoms with Crippen molar-refractivity contribution in [2.75, 3.05) is 12.8 Å². The normalized spacial score (nSPS) is 11.3. The maximum atomic E-state index is 13.0. The Bertz CT molecular complexity index is 654. The molecule has 2 N–H and O–H groups in total. The van der Waals surface area contributed by atoms with Gasteiger partial charge in [-0.05, 0) is 42.8 Å². The number of benzene rings is 2. The first-order chi connectivity index (χ1) is 9.81. The van der Waals surface area contributed by atoms with E-state index in [1.54, 1.807) is 18.2 Å². The summed E-state index contributed by atoms with van der Waals surface area (Å²) >= 11 is 0. The summed E-state index contributed by atoms with van der Waals surface area (Å²) in [4.78, 5) is 0. The molecule has 3 nitrogen and oxygen atoms in total. The number of hydrogen-bond acceptors (Lipinski definition) is 3. The lowest BCUT2D eigenvalue weighted by atomic mass is 10.1. The molecule has 2 rings (SSSR count). The van der Waals surface area contributed by atoms with E-state index in [1.807, 2.05) is 6.92 Å². The molecule has 0 saturated carbocycles. The minimum absolute atomic E-state index is 0.0190. The lowest BCUT2D eigenvalue weighted by Crippen LogP contribution is -2.08. The molecule has 0 fully saturated rings. The van der Waals surface area contributed by atoms with Gasteiger partial charge in [-0.15, -0.1) is 0 Å². The number of nitrogens with two attached hydrogens (primary N) is 1. The van der Waals surface area contributed by atoms with E-state index < -0.39 is 11.7 Å². The number of halogens is 3. The number of anilines is 1. The second-order valence-electron chi connectivity index (χ2n) is 4.51. The molecule has 112 valence electrons. The molecule has 0 unspecified atom stereocenters. The maximum absolute atomic E-state index is 13.0. The van der Waals surface area contributed by atoms with E-state index in [2.05, 4.69) is 0 Å². The molecule has 0 atom stereocenters. The molecule has 0 aliphatic rings. The Labute approximate surface area is 120 Å². The summed E-state index contributed by atoms with van der Waals surface area (Å²) in [7, 11) is 1.43. The van der Waals surface area contributed by atoms with Crippen LogP contribution in [0.1, 0.15) is 11.1 Å². The van der Waals surface area contributed by atoms with Crippen molar-refractivity contribution in [3.8, 4) is 17.2 Å². The molecule has 0 aliphatic heterocycles. The minimum atomic E-state index is -4.55.